The Kier molecular flexibility index (Phi) is 2.06. The van der Waals surface area contributed by atoms with E-state index in [1.165, 1.54) is 0 Å². The topological polar surface area (TPSA) is 38.1 Å². The second-order valence-electron chi connectivity index (χ2n) is 2.53. The van der Waals surface area contributed by atoms with Gasteiger partial charge in [0.25, 0.3) is 0 Å². The first-order valence-corrected chi connectivity index (χ1v) is 3.33. The zero-order chi connectivity index (χ0) is 7.56. The fourth-order valence-corrected chi connectivity index (χ4v) is 0.800. The van der Waals surface area contributed by atoms with E-state index in [9.17, 15) is 0 Å². The minimum atomic E-state index is 0.186. The molecule has 0 fully saturated rings. The Morgan fingerprint density at radius 2 is 2.50 bits per heavy atom. The molecule has 0 spiro atoms. The molecule has 0 radical (unpaired) electrons. The zero-order valence-electron chi connectivity index (χ0n) is 6.28. The van der Waals surface area contributed by atoms with Gasteiger partial charge in [-0.1, -0.05) is 6.92 Å². The number of aliphatic hydroxyl groups is 1. The Hall–Kier alpha value is -0.830. The van der Waals surface area contributed by atoms with E-state index in [1.807, 2.05) is 20.2 Å². The van der Waals surface area contributed by atoms with Crippen molar-refractivity contribution in [2.75, 3.05) is 6.61 Å². The minimum Gasteiger partial charge on any atom is -0.396 e. The molecule has 0 aliphatic rings. The maximum Gasteiger partial charge on any atom is 0.0525 e. The number of hydrogen-bond donors (Lipinski definition) is 1. The summed E-state index contributed by atoms with van der Waals surface area (Å²) >= 11 is 0. The number of aliphatic hydroxyl groups excluding tert-OH is 1. The van der Waals surface area contributed by atoms with Crippen LogP contribution in [-0.2, 0) is 7.05 Å². The van der Waals surface area contributed by atoms with Crippen molar-refractivity contribution in [3.63, 3.8) is 0 Å². The molecule has 0 aliphatic heterocycles. The van der Waals surface area contributed by atoms with Crippen LogP contribution in [0.5, 0.6) is 0 Å². The van der Waals surface area contributed by atoms with Crippen LogP contribution in [0, 0.1) is 0 Å². The van der Waals surface area contributed by atoms with E-state index >= 15 is 0 Å². The summed E-state index contributed by atoms with van der Waals surface area (Å²) in [5, 5.41) is 12.8. The Bertz CT molecular complexity index is 207. The molecule has 1 heterocycles. The van der Waals surface area contributed by atoms with Crippen molar-refractivity contribution in [1.82, 2.24) is 9.78 Å². The Morgan fingerprint density at radius 3 is 2.90 bits per heavy atom. The SMILES string of the molecule is CC(CO)c1cnn(C)c1. The third-order valence-corrected chi connectivity index (χ3v) is 1.57. The van der Waals surface area contributed by atoms with Gasteiger partial charge in [0.1, 0.15) is 0 Å². The van der Waals surface area contributed by atoms with Crippen molar-refractivity contribution in [3.05, 3.63) is 18.0 Å². The molecule has 0 saturated carbocycles. The molecule has 1 atom stereocenters. The first-order chi connectivity index (χ1) is 4.74. The first kappa shape index (κ1) is 7.28. The van der Waals surface area contributed by atoms with Crippen LogP contribution >= 0.6 is 0 Å². The highest BCUT2D eigenvalue weighted by Crippen LogP contribution is 2.11. The number of rotatable bonds is 2. The summed E-state index contributed by atoms with van der Waals surface area (Å²) in [5.41, 5.74) is 1.09. The van der Waals surface area contributed by atoms with Crippen LogP contribution < -0.4 is 0 Å². The van der Waals surface area contributed by atoms with E-state index in [2.05, 4.69) is 5.10 Å². The maximum atomic E-state index is 8.76. The van der Waals surface area contributed by atoms with Crippen molar-refractivity contribution in [2.45, 2.75) is 12.8 Å². The van der Waals surface area contributed by atoms with Crippen LogP contribution in [0.15, 0.2) is 12.4 Å². The van der Waals surface area contributed by atoms with Crippen LogP contribution in [0.3, 0.4) is 0 Å². The molecule has 1 N–H and O–H groups in total. The summed E-state index contributed by atoms with van der Waals surface area (Å²) in [6, 6.07) is 0. The van der Waals surface area contributed by atoms with Crippen molar-refractivity contribution < 1.29 is 5.11 Å². The fourth-order valence-electron chi connectivity index (χ4n) is 0.800. The molecule has 1 rings (SSSR count). The molecule has 0 aromatic carbocycles. The van der Waals surface area contributed by atoms with E-state index in [-0.39, 0.29) is 12.5 Å². The molecule has 1 aromatic rings. The van der Waals surface area contributed by atoms with E-state index < -0.39 is 0 Å². The molecular weight excluding hydrogens is 128 g/mol. The molecular formula is C7H12N2O. The van der Waals surface area contributed by atoms with Crippen molar-refractivity contribution in [3.8, 4) is 0 Å². The number of nitrogens with zero attached hydrogens (tertiary/aromatic N) is 2. The number of aryl methyl sites for hydroxylation is 1. The maximum absolute atomic E-state index is 8.76. The number of hydrogen-bond acceptors (Lipinski definition) is 2. The highest BCUT2D eigenvalue weighted by Gasteiger charge is 2.04. The third kappa shape index (κ3) is 1.36. The molecule has 3 heteroatoms. The quantitative estimate of drug-likeness (QED) is 0.650. The normalized spacial score (nSPS) is 13.5. The summed E-state index contributed by atoms with van der Waals surface area (Å²) in [6.07, 6.45) is 3.70. The van der Waals surface area contributed by atoms with Crippen molar-refractivity contribution in [1.29, 1.82) is 0 Å². The van der Waals surface area contributed by atoms with E-state index in [0.717, 1.165) is 5.56 Å². The predicted molar refractivity (Wildman–Crippen MR) is 38.7 cm³/mol. The van der Waals surface area contributed by atoms with E-state index in [4.69, 9.17) is 5.11 Å². The van der Waals surface area contributed by atoms with Crippen molar-refractivity contribution in [2.24, 2.45) is 7.05 Å². The van der Waals surface area contributed by atoms with E-state index in [0.29, 0.717) is 0 Å². The fraction of sp³-hybridized carbons (Fsp3) is 0.571. The van der Waals surface area contributed by atoms with E-state index in [1.54, 1.807) is 10.9 Å². The summed E-state index contributed by atoms with van der Waals surface area (Å²) < 4.78 is 1.74. The molecule has 56 valence electrons. The molecule has 0 saturated heterocycles. The molecule has 1 unspecified atom stereocenters. The van der Waals surface area contributed by atoms with Gasteiger partial charge in [0.15, 0.2) is 0 Å². The molecule has 3 nitrogen and oxygen atoms in total. The highest BCUT2D eigenvalue weighted by molar-refractivity contribution is 5.09. The largest absolute Gasteiger partial charge is 0.396 e. The van der Waals surface area contributed by atoms with Gasteiger partial charge in [-0.15, -0.1) is 0 Å². The number of aromatic nitrogens is 2. The standard InChI is InChI=1S/C7H12N2O/c1-6(5-10)7-3-8-9(2)4-7/h3-4,6,10H,5H2,1-2H3. The molecule has 0 amide bonds. The van der Waals surface area contributed by atoms with Gasteiger partial charge in [-0.3, -0.25) is 4.68 Å². The summed E-state index contributed by atoms with van der Waals surface area (Å²) in [5.74, 6) is 0.202. The lowest BCUT2D eigenvalue weighted by Gasteiger charge is -2.01. The molecule has 1 aromatic heterocycles. The van der Waals surface area contributed by atoms with Gasteiger partial charge < -0.3 is 5.11 Å². The summed E-state index contributed by atoms with van der Waals surface area (Å²) in [7, 11) is 1.87. The Morgan fingerprint density at radius 1 is 1.80 bits per heavy atom. The van der Waals surface area contributed by atoms with Crippen LogP contribution in [0.2, 0.25) is 0 Å². The van der Waals surface area contributed by atoms with Crippen LogP contribution in [-0.4, -0.2) is 21.5 Å². The van der Waals surface area contributed by atoms with Gasteiger partial charge in [0.05, 0.1) is 6.20 Å². The molecule has 0 bridgehead atoms. The van der Waals surface area contributed by atoms with Gasteiger partial charge >= 0.3 is 0 Å². The zero-order valence-corrected chi connectivity index (χ0v) is 6.28. The van der Waals surface area contributed by atoms with Gasteiger partial charge in [0.2, 0.25) is 0 Å². The molecule has 10 heavy (non-hydrogen) atoms. The molecule has 0 aliphatic carbocycles. The van der Waals surface area contributed by atoms with Gasteiger partial charge in [-0.05, 0) is 5.56 Å². The first-order valence-electron chi connectivity index (χ1n) is 3.33. The van der Waals surface area contributed by atoms with Gasteiger partial charge in [-0.25, -0.2) is 0 Å². The Balaban J connectivity index is 2.74. The average Bonchev–Trinajstić information content (AvgIpc) is 2.34. The second-order valence-corrected chi connectivity index (χ2v) is 2.53. The van der Waals surface area contributed by atoms with Crippen LogP contribution in [0.25, 0.3) is 0 Å². The third-order valence-electron chi connectivity index (χ3n) is 1.57. The smallest absolute Gasteiger partial charge is 0.0525 e. The minimum absolute atomic E-state index is 0.186. The summed E-state index contributed by atoms with van der Waals surface area (Å²) in [6.45, 7) is 2.16. The average molecular weight is 140 g/mol. The lowest BCUT2D eigenvalue weighted by atomic mass is 10.1. The second kappa shape index (κ2) is 2.84. The lowest BCUT2D eigenvalue weighted by Crippen LogP contribution is -1.96. The Labute approximate surface area is 60.3 Å². The monoisotopic (exact) mass is 140 g/mol. The van der Waals surface area contributed by atoms with Crippen LogP contribution in [0.1, 0.15) is 18.4 Å². The summed E-state index contributed by atoms with van der Waals surface area (Å²) in [4.78, 5) is 0. The van der Waals surface area contributed by atoms with Crippen molar-refractivity contribution >= 4 is 0 Å². The van der Waals surface area contributed by atoms with Gasteiger partial charge in [0, 0.05) is 25.8 Å². The van der Waals surface area contributed by atoms with Gasteiger partial charge in [-0.2, -0.15) is 5.10 Å². The van der Waals surface area contributed by atoms with Crippen LogP contribution in [0.4, 0.5) is 0 Å². The predicted octanol–water partition coefficient (Wildman–Crippen LogP) is 0.516. The highest BCUT2D eigenvalue weighted by atomic mass is 16.3. The lowest BCUT2D eigenvalue weighted by molar-refractivity contribution is 0.273.